The second kappa shape index (κ2) is 10.6. The monoisotopic (exact) mass is 423 g/mol. The van der Waals surface area contributed by atoms with Crippen molar-refractivity contribution < 1.29 is 0 Å². The molecule has 1 unspecified atom stereocenters. The van der Waals surface area contributed by atoms with Crippen LogP contribution in [0.3, 0.4) is 0 Å². The molecule has 130 valence electrons. The SMILES string of the molecule is CCCN1CCC(NC(=NC)NCC2CCN(C)C2)CC1.I. The minimum atomic E-state index is 0. The zero-order valence-corrected chi connectivity index (χ0v) is 16.8. The highest BCUT2D eigenvalue weighted by Crippen LogP contribution is 2.13. The Hall–Kier alpha value is -0.0800. The topological polar surface area (TPSA) is 42.9 Å². The Balaban J connectivity index is 0.00000242. The Morgan fingerprint density at radius 2 is 1.91 bits per heavy atom. The first-order chi connectivity index (χ1) is 10.2. The molecule has 0 aliphatic carbocycles. The van der Waals surface area contributed by atoms with E-state index in [0.29, 0.717) is 6.04 Å². The third-order valence-corrected chi connectivity index (χ3v) is 4.74. The highest BCUT2D eigenvalue weighted by Gasteiger charge is 2.21. The van der Waals surface area contributed by atoms with Gasteiger partial charge in [-0.3, -0.25) is 4.99 Å². The number of piperidine rings is 1. The number of hydrogen-bond donors (Lipinski definition) is 2. The summed E-state index contributed by atoms with van der Waals surface area (Å²) in [6, 6.07) is 0.579. The first kappa shape index (κ1) is 20.0. The molecule has 0 saturated carbocycles. The summed E-state index contributed by atoms with van der Waals surface area (Å²) in [7, 11) is 4.08. The van der Waals surface area contributed by atoms with E-state index < -0.39 is 0 Å². The fourth-order valence-corrected chi connectivity index (χ4v) is 3.44. The molecule has 1 atom stereocenters. The van der Waals surface area contributed by atoms with Crippen LogP contribution in [0.15, 0.2) is 4.99 Å². The van der Waals surface area contributed by atoms with Crippen LogP contribution in [0, 0.1) is 5.92 Å². The number of halogens is 1. The predicted octanol–water partition coefficient (Wildman–Crippen LogP) is 1.60. The lowest BCUT2D eigenvalue weighted by Gasteiger charge is -2.33. The van der Waals surface area contributed by atoms with E-state index in [2.05, 4.69) is 39.4 Å². The summed E-state index contributed by atoms with van der Waals surface area (Å²) in [4.78, 5) is 9.37. The Morgan fingerprint density at radius 1 is 1.18 bits per heavy atom. The van der Waals surface area contributed by atoms with Gasteiger partial charge in [0.1, 0.15) is 0 Å². The van der Waals surface area contributed by atoms with E-state index in [0.717, 1.165) is 18.4 Å². The van der Waals surface area contributed by atoms with Crippen molar-refractivity contribution in [1.82, 2.24) is 20.4 Å². The summed E-state index contributed by atoms with van der Waals surface area (Å²) in [6.07, 6.45) is 5.02. The van der Waals surface area contributed by atoms with E-state index in [-0.39, 0.29) is 24.0 Å². The molecule has 0 bridgehead atoms. The lowest BCUT2D eigenvalue weighted by Crippen LogP contribution is -2.49. The number of rotatable bonds is 5. The average molecular weight is 423 g/mol. The highest BCUT2D eigenvalue weighted by atomic mass is 127. The standard InChI is InChI=1S/C16H33N5.HI/c1-4-8-21-10-6-15(7-11-21)19-16(17-2)18-12-14-5-9-20(3)13-14;/h14-15H,4-13H2,1-3H3,(H2,17,18,19);1H. The Labute approximate surface area is 153 Å². The molecule has 2 heterocycles. The molecule has 2 N–H and O–H groups in total. The van der Waals surface area contributed by atoms with Crippen molar-refractivity contribution in [3.05, 3.63) is 0 Å². The smallest absolute Gasteiger partial charge is 0.191 e. The van der Waals surface area contributed by atoms with Crippen molar-refractivity contribution in [2.45, 2.75) is 38.6 Å². The third-order valence-electron chi connectivity index (χ3n) is 4.74. The Kier molecular flexibility index (Phi) is 9.66. The highest BCUT2D eigenvalue weighted by molar-refractivity contribution is 14.0. The van der Waals surface area contributed by atoms with Gasteiger partial charge in [-0.15, -0.1) is 24.0 Å². The maximum absolute atomic E-state index is 4.38. The van der Waals surface area contributed by atoms with Gasteiger partial charge in [0.25, 0.3) is 0 Å². The van der Waals surface area contributed by atoms with Gasteiger partial charge >= 0.3 is 0 Å². The lowest BCUT2D eigenvalue weighted by molar-refractivity contribution is 0.206. The van der Waals surface area contributed by atoms with Gasteiger partial charge in [-0.2, -0.15) is 0 Å². The van der Waals surface area contributed by atoms with Gasteiger partial charge in [0, 0.05) is 39.3 Å². The van der Waals surface area contributed by atoms with E-state index in [1.54, 1.807) is 0 Å². The van der Waals surface area contributed by atoms with Crippen LogP contribution < -0.4 is 10.6 Å². The summed E-state index contributed by atoms with van der Waals surface area (Å²) in [5, 5.41) is 7.12. The zero-order valence-electron chi connectivity index (χ0n) is 14.5. The lowest BCUT2D eigenvalue weighted by atomic mass is 10.1. The van der Waals surface area contributed by atoms with Crippen molar-refractivity contribution in [3.63, 3.8) is 0 Å². The molecule has 5 nitrogen and oxygen atoms in total. The first-order valence-electron chi connectivity index (χ1n) is 8.59. The van der Waals surface area contributed by atoms with Gasteiger partial charge in [-0.05, 0) is 51.7 Å². The minimum Gasteiger partial charge on any atom is -0.356 e. The molecule has 2 aliphatic heterocycles. The van der Waals surface area contributed by atoms with Crippen molar-refractivity contribution in [2.24, 2.45) is 10.9 Å². The molecule has 0 amide bonds. The first-order valence-corrected chi connectivity index (χ1v) is 8.59. The fourth-order valence-electron chi connectivity index (χ4n) is 3.44. The summed E-state index contributed by atoms with van der Waals surface area (Å²) < 4.78 is 0. The quantitative estimate of drug-likeness (QED) is 0.401. The van der Waals surface area contributed by atoms with Gasteiger partial charge in [-0.1, -0.05) is 6.92 Å². The Bertz CT molecular complexity index is 328. The summed E-state index contributed by atoms with van der Waals surface area (Å²) in [5.41, 5.74) is 0. The molecule has 2 fully saturated rings. The minimum absolute atomic E-state index is 0. The van der Waals surface area contributed by atoms with Crippen molar-refractivity contribution in [3.8, 4) is 0 Å². The van der Waals surface area contributed by atoms with Crippen LogP contribution in [0.5, 0.6) is 0 Å². The van der Waals surface area contributed by atoms with E-state index in [9.17, 15) is 0 Å². The van der Waals surface area contributed by atoms with Crippen LogP contribution in [-0.2, 0) is 0 Å². The molecule has 0 aromatic rings. The molecule has 22 heavy (non-hydrogen) atoms. The number of nitrogens with one attached hydrogen (secondary N) is 2. The third kappa shape index (κ3) is 6.58. The zero-order chi connectivity index (χ0) is 15.1. The number of hydrogen-bond acceptors (Lipinski definition) is 3. The summed E-state index contributed by atoms with van der Waals surface area (Å²) >= 11 is 0. The Morgan fingerprint density at radius 3 is 2.45 bits per heavy atom. The van der Waals surface area contributed by atoms with Crippen LogP contribution in [0.4, 0.5) is 0 Å². The van der Waals surface area contributed by atoms with Gasteiger partial charge in [0.15, 0.2) is 5.96 Å². The van der Waals surface area contributed by atoms with Crippen LogP contribution >= 0.6 is 24.0 Å². The molecule has 0 aromatic carbocycles. The maximum Gasteiger partial charge on any atom is 0.191 e. The molecule has 2 rings (SSSR count). The van der Waals surface area contributed by atoms with Crippen LogP contribution in [0.1, 0.15) is 32.6 Å². The molecule has 0 spiro atoms. The van der Waals surface area contributed by atoms with Crippen LogP contribution in [-0.4, -0.2) is 75.2 Å². The molecule has 0 radical (unpaired) electrons. The molecule has 6 heteroatoms. The van der Waals surface area contributed by atoms with Gasteiger partial charge in [0.05, 0.1) is 0 Å². The molecular formula is C16H34IN5. The van der Waals surface area contributed by atoms with Crippen LogP contribution in [0.2, 0.25) is 0 Å². The average Bonchev–Trinajstić information content (AvgIpc) is 2.91. The van der Waals surface area contributed by atoms with E-state index in [1.807, 2.05) is 7.05 Å². The summed E-state index contributed by atoms with van der Waals surface area (Å²) in [6.45, 7) is 9.42. The molecule has 0 aromatic heterocycles. The van der Waals surface area contributed by atoms with Crippen molar-refractivity contribution >= 4 is 29.9 Å². The van der Waals surface area contributed by atoms with Gasteiger partial charge in [-0.25, -0.2) is 0 Å². The largest absolute Gasteiger partial charge is 0.356 e. The van der Waals surface area contributed by atoms with Crippen molar-refractivity contribution in [2.75, 3.05) is 53.4 Å². The maximum atomic E-state index is 4.38. The second-order valence-electron chi connectivity index (χ2n) is 6.63. The number of likely N-dealkylation sites (tertiary alicyclic amines) is 2. The van der Waals surface area contributed by atoms with E-state index >= 15 is 0 Å². The van der Waals surface area contributed by atoms with Gasteiger partial charge in [0.2, 0.25) is 0 Å². The molecule has 2 saturated heterocycles. The van der Waals surface area contributed by atoms with Crippen LogP contribution in [0.25, 0.3) is 0 Å². The number of nitrogens with zero attached hydrogens (tertiary/aromatic N) is 3. The predicted molar refractivity (Wildman–Crippen MR) is 105 cm³/mol. The van der Waals surface area contributed by atoms with Gasteiger partial charge < -0.3 is 20.4 Å². The fraction of sp³-hybridized carbons (Fsp3) is 0.938. The molecular weight excluding hydrogens is 389 g/mol. The van der Waals surface area contributed by atoms with E-state index in [1.165, 1.54) is 58.4 Å². The van der Waals surface area contributed by atoms with Crippen molar-refractivity contribution in [1.29, 1.82) is 0 Å². The second-order valence-corrected chi connectivity index (χ2v) is 6.63. The molecule has 2 aliphatic rings. The summed E-state index contributed by atoms with van der Waals surface area (Å²) in [5.74, 6) is 1.75. The number of guanidine groups is 1. The number of aliphatic imine (C=N–C) groups is 1. The normalized spacial score (nSPS) is 25.0. The van der Waals surface area contributed by atoms with E-state index in [4.69, 9.17) is 0 Å².